The van der Waals surface area contributed by atoms with Crippen LogP contribution in [0.1, 0.15) is 48.5 Å². The highest BCUT2D eigenvalue weighted by molar-refractivity contribution is 9.10. The first-order valence-electron chi connectivity index (χ1n) is 7.66. The summed E-state index contributed by atoms with van der Waals surface area (Å²) < 4.78 is 12.6. The lowest BCUT2D eigenvalue weighted by molar-refractivity contribution is -0.123. The number of hydrogen-bond donors (Lipinski definition) is 1. The molecule has 1 fully saturated rings. The van der Waals surface area contributed by atoms with Crippen molar-refractivity contribution in [3.8, 4) is 0 Å². The minimum atomic E-state index is -0.508. The van der Waals surface area contributed by atoms with E-state index in [2.05, 4.69) is 26.2 Å². The van der Waals surface area contributed by atoms with Crippen molar-refractivity contribution in [3.05, 3.63) is 16.9 Å². The number of amides is 1. The summed E-state index contributed by atoms with van der Waals surface area (Å²) in [6, 6.07) is 1.84. The smallest absolute Gasteiger partial charge is 0.399 e. The third kappa shape index (κ3) is 3.78. The normalized spacial score (nSPS) is 19.7. The number of anilines is 1. The van der Waals surface area contributed by atoms with E-state index in [1.807, 2.05) is 54.5 Å². The van der Waals surface area contributed by atoms with Gasteiger partial charge >= 0.3 is 7.12 Å². The molecule has 1 saturated heterocycles. The fraction of sp³-hybridized carbons (Fsp3) is 0.625. The first-order chi connectivity index (χ1) is 10.3. The van der Waals surface area contributed by atoms with E-state index in [0.717, 1.165) is 5.46 Å². The average molecular weight is 383 g/mol. The van der Waals surface area contributed by atoms with E-state index in [1.54, 1.807) is 6.20 Å². The number of carbonyl (C=O) groups excluding carboxylic acids is 1. The van der Waals surface area contributed by atoms with Crippen molar-refractivity contribution in [1.82, 2.24) is 4.98 Å². The molecule has 1 N–H and O–H groups in total. The lowest BCUT2D eigenvalue weighted by Crippen LogP contribution is -2.41. The van der Waals surface area contributed by atoms with Crippen LogP contribution in [-0.4, -0.2) is 29.2 Å². The van der Waals surface area contributed by atoms with Crippen LogP contribution < -0.4 is 10.8 Å². The van der Waals surface area contributed by atoms with Crippen LogP contribution in [0.15, 0.2) is 16.9 Å². The molecule has 0 saturated carbocycles. The molecule has 0 bridgehead atoms. The predicted octanol–water partition coefficient (Wildman–Crippen LogP) is 3.13. The van der Waals surface area contributed by atoms with Gasteiger partial charge in [0.1, 0.15) is 4.60 Å². The summed E-state index contributed by atoms with van der Waals surface area (Å²) in [5.74, 6) is -0.0777. The van der Waals surface area contributed by atoms with Gasteiger partial charge in [-0.1, -0.05) is 20.8 Å². The number of nitrogens with zero attached hydrogens (tertiary/aromatic N) is 1. The summed E-state index contributed by atoms with van der Waals surface area (Å²) in [5, 5.41) is 2.90. The molecule has 1 aliphatic rings. The molecule has 0 atom stereocenters. The van der Waals surface area contributed by atoms with E-state index in [0.29, 0.717) is 10.3 Å². The summed E-state index contributed by atoms with van der Waals surface area (Å²) in [7, 11) is -0.508. The number of carbonyl (C=O) groups is 1. The van der Waals surface area contributed by atoms with E-state index in [1.165, 1.54) is 0 Å². The standard InChI is InChI=1S/C16H24BBrN2O3/c1-14(2,3)13(21)20-11-8-10(9-19-12(11)18)17-22-15(4,5)16(6,7)23-17/h8-9H,1-7H3,(H,20,21). The molecule has 0 aromatic carbocycles. The van der Waals surface area contributed by atoms with Crippen LogP contribution in [0.25, 0.3) is 0 Å². The zero-order valence-electron chi connectivity index (χ0n) is 14.8. The second kappa shape index (κ2) is 5.86. The van der Waals surface area contributed by atoms with E-state index in [9.17, 15) is 4.79 Å². The van der Waals surface area contributed by atoms with Crippen LogP contribution in [0.2, 0.25) is 0 Å². The molecular weight excluding hydrogens is 359 g/mol. The Hall–Kier alpha value is -0.915. The maximum absolute atomic E-state index is 12.2. The van der Waals surface area contributed by atoms with Crippen LogP contribution in [0.3, 0.4) is 0 Å². The topological polar surface area (TPSA) is 60.5 Å². The molecule has 0 unspecified atom stereocenters. The molecule has 126 valence electrons. The Morgan fingerprint density at radius 2 is 1.74 bits per heavy atom. The van der Waals surface area contributed by atoms with Crippen LogP contribution >= 0.6 is 15.9 Å². The van der Waals surface area contributed by atoms with Crippen molar-refractivity contribution in [1.29, 1.82) is 0 Å². The van der Waals surface area contributed by atoms with Crippen LogP contribution in [0, 0.1) is 5.41 Å². The number of pyridine rings is 1. The van der Waals surface area contributed by atoms with E-state index < -0.39 is 23.7 Å². The van der Waals surface area contributed by atoms with E-state index in [4.69, 9.17) is 9.31 Å². The van der Waals surface area contributed by atoms with Gasteiger partial charge in [0.25, 0.3) is 0 Å². The van der Waals surface area contributed by atoms with Gasteiger partial charge in [-0.05, 0) is 49.7 Å². The SMILES string of the molecule is CC(C)(C)C(=O)Nc1cc(B2OC(C)(C)C(C)(C)O2)cnc1Br. The molecule has 1 aromatic heterocycles. The Labute approximate surface area is 146 Å². The van der Waals surface area contributed by atoms with Gasteiger partial charge in [-0.25, -0.2) is 4.98 Å². The highest BCUT2D eigenvalue weighted by Gasteiger charge is 2.51. The lowest BCUT2D eigenvalue weighted by Gasteiger charge is -2.32. The molecule has 2 heterocycles. The van der Waals surface area contributed by atoms with E-state index >= 15 is 0 Å². The molecular formula is C16H24BBrN2O3. The zero-order valence-corrected chi connectivity index (χ0v) is 16.4. The first kappa shape index (κ1) is 18.4. The molecule has 1 aromatic rings. The molecule has 1 amide bonds. The van der Waals surface area contributed by atoms with Gasteiger partial charge in [0.15, 0.2) is 0 Å². The van der Waals surface area contributed by atoms with Crippen molar-refractivity contribution in [3.63, 3.8) is 0 Å². The largest absolute Gasteiger partial charge is 0.496 e. The predicted molar refractivity (Wildman–Crippen MR) is 95.7 cm³/mol. The molecule has 0 aliphatic carbocycles. The fourth-order valence-electron chi connectivity index (χ4n) is 1.97. The molecule has 23 heavy (non-hydrogen) atoms. The van der Waals surface area contributed by atoms with Gasteiger partial charge in [-0.2, -0.15) is 0 Å². The van der Waals surface area contributed by atoms with Gasteiger partial charge < -0.3 is 14.6 Å². The third-order valence-electron chi connectivity index (χ3n) is 4.32. The van der Waals surface area contributed by atoms with Crippen molar-refractivity contribution in [2.45, 2.75) is 59.7 Å². The van der Waals surface area contributed by atoms with Crippen LogP contribution in [-0.2, 0) is 14.1 Å². The molecule has 0 radical (unpaired) electrons. The lowest BCUT2D eigenvalue weighted by atomic mass is 9.80. The highest BCUT2D eigenvalue weighted by atomic mass is 79.9. The third-order valence-corrected chi connectivity index (χ3v) is 4.95. The number of halogens is 1. The monoisotopic (exact) mass is 382 g/mol. The first-order valence-corrected chi connectivity index (χ1v) is 8.45. The van der Waals surface area contributed by atoms with Gasteiger partial charge in [0.2, 0.25) is 5.91 Å². The van der Waals surface area contributed by atoms with Crippen molar-refractivity contribution in [2.75, 3.05) is 5.32 Å². The number of hydrogen-bond acceptors (Lipinski definition) is 4. The molecule has 7 heteroatoms. The fourth-order valence-corrected chi connectivity index (χ4v) is 2.29. The van der Waals surface area contributed by atoms with Gasteiger partial charge in [-0.3, -0.25) is 4.79 Å². The molecule has 5 nitrogen and oxygen atoms in total. The van der Waals surface area contributed by atoms with Crippen molar-refractivity contribution >= 4 is 40.1 Å². The summed E-state index contributed by atoms with van der Waals surface area (Å²) in [5.41, 5.74) is 0.0621. The second-order valence-corrected chi connectivity index (χ2v) is 8.65. The number of nitrogens with one attached hydrogen (secondary N) is 1. The Morgan fingerprint density at radius 3 is 2.22 bits per heavy atom. The quantitative estimate of drug-likeness (QED) is 0.630. The van der Waals surface area contributed by atoms with Crippen LogP contribution in [0.4, 0.5) is 5.69 Å². The average Bonchev–Trinajstić information content (AvgIpc) is 2.60. The van der Waals surface area contributed by atoms with Gasteiger partial charge in [0.05, 0.1) is 16.9 Å². The van der Waals surface area contributed by atoms with Gasteiger partial charge in [0, 0.05) is 17.1 Å². The minimum absolute atomic E-state index is 0.0777. The summed E-state index contributed by atoms with van der Waals surface area (Å²) in [6.45, 7) is 13.6. The Balaban J connectivity index is 2.27. The Kier molecular flexibility index (Phi) is 4.70. The zero-order chi connectivity index (χ0) is 17.6. The van der Waals surface area contributed by atoms with Crippen molar-refractivity contribution < 1.29 is 14.1 Å². The van der Waals surface area contributed by atoms with Gasteiger partial charge in [-0.15, -0.1) is 0 Å². The molecule has 1 aliphatic heterocycles. The number of rotatable bonds is 2. The summed E-state index contributed by atoms with van der Waals surface area (Å²) in [4.78, 5) is 16.5. The van der Waals surface area contributed by atoms with Crippen LogP contribution in [0.5, 0.6) is 0 Å². The summed E-state index contributed by atoms with van der Waals surface area (Å²) >= 11 is 3.37. The minimum Gasteiger partial charge on any atom is -0.399 e. The Morgan fingerprint density at radius 1 is 1.22 bits per heavy atom. The second-order valence-electron chi connectivity index (χ2n) is 7.90. The van der Waals surface area contributed by atoms with E-state index in [-0.39, 0.29) is 5.91 Å². The maximum Gasteiger partial charge on any atom is 0.496 e. The summed E-state index contributed by atoms with van der Waals surface area (Å²) in [6.07, 6.45) is 1.69. The highest BCUT2D eigenvalue weighted by Crippen LogP contribution is 2.36. The number of aromatic nitrogens is 1. The maximum atomic E-state index is 12.2. The van der Waals surface area contributed by atoms with Crippen molar-refractivity contribution in [2.24, 2.45) is 5.41 Å². The Bertz CT molecular complexity index is 610. The molecule has 2 rings (SSSR count). The molecule has 0 spiro atoms.